The second-order valence-corrected chi connectivity index (χ2v) is 8.69. The van der Waals surface area contributed by atoms with E-state index in [0.717, 1.165) is 5.30 Å². The first-order chi connectivity index (χ1) is 14.8. The molecule has 3 aromatic carbocycles. The molecule has 3 rings (SSSR count). The van der Waals surface area contributed by atoms with Gasteiger partial charge in [0, 0.05) is 11.9 Å². The van der Waals surface area contributed by atoms with E-state index in [0.29, 0.717) is 32.2 Å². The molecule has 0 unspecified atom stereocenters. The predicted molar refractivity (Wildman–Crippen MR) is 123 cm³/mol. The molecule has 0 aromatic heterocycles. The van der Waals surface area contributed by atoms with Gasteiger partial charge in [-0.05, 0) is 31.5 Å². The first kappa shape index (κ1) is 22.2. The van der Waals surface area contributed by atoms with Crippen molar-refractivity contribution in [2.24, 2.45) is 0 Å². The summed E-state index contributed by atoms with van der Waals surface area (Å²) in [4.78, 5) is 12.4. The van der Waals surface area contributed by atoms with Gasteiger partial charge in [-0.25, -0.2) is 0 Å². The second-order valence-electron chi connectivity index (χ2n) is 6.51. The molecule has 0 heterocycles. The Morgan fingerprint density at radius 2 is 1.30 bits per heavy atom. The smallest absolute Gasteiger partial charge is 0.313 e. The Hall–Kier alpha value is -2.52. The molecule has 0 atom stereocenters. The molecule has 0 saturated carbocycles. The zero-order chi connectivity index (χ0) is 21.0. The summed E-state index contributed by atoms with van der Waals surface area (Å²) in [5.41, 5.74) is 0. The third-order valence-electron chi connectivity index (χ3n) is 4.39. The van der Waals surface area contributed by atoms with Crippen molar-refractivity contribution in [1.82, 2.24) is 0 Å². The molecule has 156 valence electrons. The first-order valence-corrected chi connectivity index (χ1v) is 11.5. The molecule has 5 heteroatoms. The minimum atomic E-state index is -0.845. The van der Waals surface area contributed by atoms with Crippen LogP contribution in [0.25, 0.3) is 0 Å². The lowest BCUT2D eigenvalue weighted by molar-refractivity contribution is -0.135. The average molecular weight is 422 g/mol. The van der Waals surface area contributed by atoms with Gasteiger partial charge in [0.05, 0.1) is 26.2 Å². The van der Waals surface area contributed by atoms with Crippen molar-refractivity contribution in [3.05, 3.63) is 84.9 Å². The van der Waals surface area contributed by atoms with Crippen LogP contribution in [0.4, 0.5) is 0 Å². The summed E-state index contributed by atoms with van der Waals surface area (Å²) in [7, 11) is -0.845. The van der Waals surface area contributed by atoms with Gasteiger partial charge in [-0.15, -0.1) is 0 Å². The second kappa shape index (κ2) is 12.2. The van der Waals surface area contributed by atoms with Crippen LogP contribution >= 0.6 is 7.92 Å². The number of para-hydroxylation sites is 1. The topological polar surface area (TPSA) is 44.8 Å². The zero-order valence-electron chi connectivity index (χ0n) is 17.2. The molecule has 0 saturated heterocycles. The summed E-state index contributed by atoms with van der Waals surface area (Å²) in [5.74, 6) is 0.311. The molecule has 0 aliphatic heterocycles. The van der Waals surface area contributed by atoms with Crippen molar-refractivity contribution in [2.75, 3.05) is 26.4 Å². The molecule has 0 bridgehead atoms. The summed E-state index contributed by atoms with van der Waals surface area (Å²) in [5, 5.41) is 3.44. The van der Waals surface area contributed by atoms with E-state index < -0.39 is 7.92 Å². The highest BCUT2D eigenvalue weighted by atomic mass is 31.1. The Bertz CT molecular complexity index is 860. The van der Waals surface area contributed by atoms with Crippen molar-refractivity contribution in [1.29, 1.82) is 0 Å². The molecular formula is C25H27O4P. The minimum absolute atomic E-state index is 0.203. The number of benzene rings is 3. The van der Waals surface area contributed by atoms with Crippen LogP contribution in [0.15, 0.2) is 84.9 Å². The molecule has 0 aliphatic rings. The fourth-order valence-corrected chi connectivity index (χ4v) is 5.37. The molecule has 3 aromatic rings. The average Bonchev–Trinajstić information content (AvgIpc) is 2.79. The lowest BCUT2D eigenvalue weighted by Crippen LogP contribution is -2.23. The number of esters is 1. The van der Waals surface area contributed by atoms with E-state index in [4.69, 9.17) is 14.2 Å². The number of carbonyl (C=O) groups excluding carboxylic acids is 1. The highest BCUT2D eigenvalue weighted by Gasteiger charge is 2.21. The quantitative estimate of drug-likeness (QED) is 0.204. The molecule has 0 spiro atoms. The molecule has 4 nitrogen and oxygen atoms in total. The van der Waals surface area contributed by atoms with Gasteiger partial charge < -0.3 is 14.2 Å². The van der Waals surface area contributed by atoms with Crippen LogP contribution in [0.2, 0.25) is 0 Å². The summed E-state index contributed by atoms with van der Waals surface area (Å²) < 4.78 is 16.4. The van der Waals surface area contributed by atoms with Crippen LogP contribution in [0.5, 0.6) is 5.75 Å². The summed E-state index contributed by atoms with van der Waals surface area (Å²) in [6.07, 6.45) is 0.203. The number of carbonyl (C=O) groups is 1. The van der Waals surface area contributed by atoms with Crippen molar-refractivity contribution in [2.45, 2.75) is 13.3 Å². The first-order valence-electron chi connectivity index (χ1n) is 10.1. The van der Waals surface area contributed by atoms with Crippen LogP contribution < -0.4 is 20.7 Å². The highest BCUT2D eigenvalue weighted by molar-refractivity contribution is 7.80. The van der Waals surface area contributed by atoms with Gasteiger partial charge in [-0.2, -0.15) is 0 Å². The SMILES string of the molecule is CCOCCOCCC(=O)Oc1ccccc1P(c1ccccc1)c1ccccc1. The maximum atomic E-state index is 12.4. The maximum Gasteiger partial charge on any atom is 0.313 e. The van der Waals surface area contributed by atoms with Crippen LogP contribution in [0, 0.1) is 0 Å². The predicted octanol–water partition coefficient (Wildman–Crippen LogP) is 3.79. The number of ether oxygens (including phenoxy) is 3. The number of hydrogen-bond donors (Lipinski definition) is 0. The van der Waals surface area contributed by atoms with E-state index in [1.54, 1.807) is 0 Å². The van der Waals surface area contributed by atoms with Gasteiger partial charge in [0.1, 0.15) is 5.75 Å². The Morgan fingerprint density at radius 3 is 1.93 bits per heavy atom. The highest BCUT2D eigenvalue weighted by Crippen LogP contribution is 2.36. The monoisotopic (exact) mass is 422 g/mol. The lowest BCUT2D eigenvalue weighted by atomic mass is 10.3. The number of hydrogen-bond acceptors (Lipinski definition) is 4. The summed E-state index contributed by atoms with van der Waals surface area (Å²) >= 11 is 0. The molecule has 0 amide bonds. The normalized spacial score (nSPS) is 10.9. The Labute approximate surface area is 179 Å². The van der Waals surface area contributed by atoms with Gasteiger partial charge in [-0.3, -0.25) is 4.79 Å². The molecule has 30 heavy (non-hydrogen) atoms. The largest absolute Gasteiger partial charge is 0.426 e. The van der Waals surface area contributed by atoms with Crippen molar-refractivity contribution < 1.29 is 19.0 Å². The Morgan fingerprint density at radius 1 is 0.733 bits per heavy atom. The van der Waals surface area contributed by atoms with Gasteiger partial charge in [0.15, 0.2) is 0 Å². The summed E-state index contributed by atoms with van der Waals surface area (Å²) in [6, 6.07) is 28.5. The van der Waals surface area contributed by atoms with E-state index in [9.17, 15) is 4.79 Å². The van der Waals surface area contributed by atoms with Crippen molar-refractivity contribution in [3.63, 3.8) is 0 Å². The number of rotatable bonds is 11. The van der Waals surface area contributed by atoms with E-state index >= 15 is 0 Å². The summed E-state index contributed by atoms with van der Waals surface area (Å²) in [6.45, 7) is 3.93. The van der Waals surface area contributed by atoms with E-state index in [1.165, 1.54) is 10.6 Å². The zero-order valence-corrected chi connectivity index (χ0v) is 18.1. The lowest BCUT2D eigenvalue weighted by Gasteiger charge is -2.21. The van der Waals surface area contributed by atoms with Crippen LogP contribution in [0.3, 0.4) is 0 Å². The van der Waals surface area contributed by atoms with Crippen LogP contribution in [-0.4, -0.2) is 32.4 Å². The van der Waals surface area contributed by atoms with Gasteiger partial charge in [0.2, 0.25) is 0 Å². The van der Waals surface area contributed by atoms with E-state index in [1.807, 2.05) is 67.6 Å². The Kier molecular flexibility index (Phi) is 9.04. The molecule has 0 aliphatic carbocycles. The molecule has 0 radical (unpaired) electrons. The molecule has 0 N–H and O–H groups in total. The van der Waals surface area contributed by atoms with Gasteiger partial charge in [-0.1, -0.05) is 78.9 Å². The van der Waals surface area contributed by atoms with E-state index in [2.05, 4.69) is 24.3 Å². The fourth-order valence-electron chi connectivity index (χ4n) is 3.00. The minimum Gasteiger partial charge on any atom is -0.426 e. The van der Waals surface area contributed by atoms with Crippen LogP contribution in [0.1, 0.15) is 13.3 Å². The maximum absolute atomic E-state index is 12.4. The van der Waals surface area contributed by atoms with E-state index in [-0.39, 0.29) is 12.4 Å². The van der Waals surface area contributed by atoms with Gasteiger partial charge in [0.25, 0.3) is 0 Å². The standard InChI is InChI=1S/C25H27O4P/c1-2-27-19-20-28-18-17-25(26)29-23-15-9-10-16-24(23)30(21-11-5-3-6-12-21)22-13-7-4-8-14-22/h3-16H,2,17-20H2,1H3. The van der Waals surface area contributed by atoms with Gasteiger partial charge >= 0.3 is 5.97 Å². The molecule has 0 fully saturated rings. The Balaban J connectivity index is 1.76. The fraction of sp³-hybridized carbons (Fsp3) is 0.240. The third-order valence-corrected chi connectivity index (χ3v) is 6.87. The van der Waals surface area contributed by atoms with Crippen molar-refractivity contribution in [3.8, 4) is 5.75 Å². The van der Waals surface area contributed by atoms with Crippen molar-refractivity contribution >= 4 is 29.8 Å². The van der Waals surface area contributed by atoms with Crippen LogP contribution in [-0.2, 0) is 14.3 Å². The third kappa shape index (κ3) is 6.50. The molecular weight excluding hydrogens is 395 g/mol.